The van der Waals surface area contributed by atoms with Crippen LogP contribution in [0.5, 0.6) is 0 Å². The summed E-state index contributed by atoms with van der Waals surface area (Å²) < 4.78 is 6.75. The average molecular weight is 453 g/mol. The summed E-state index contributed by atoms with van der Waals surface area (Å²) in [5, 5.41) is 11.5. The van der Waals surface area contributed by atoms with Gasteiger partial charge in [-0.25, -0.2) is 4.98 Å². The van der Waals surface area contributed by atoms with Crippen molar-refractivity contribution in [3.8, 4) is 11.3 Å². The van der Waals surface area contributed by atoms with Crippen molar-refractivity contribution >= 4 is 17.8 Å². The van der Waals surface area contributed by atoms with Gasteiger partial charge >= 0.3 is 5.97 Å². The number of anilines is 1. The summed E-state index contributed by atoms with van der Waals surface area (Å²) in [5.41, 5.74) is 8.39. The molecule has 0 saturated heterocycles. The fraction of sp³-hybridized carbons (Fsp3) is 0.333. The van der Waals surface area contributed by atoms with Crippen LogP contribution >= 0.6 is 0 Å². The summed E-state index contributed by atoms with van der Waals surface area (Å²) >= 11 is 0. The van der Waals surface area contributed by atoms with E-state index in [2.05, 4.69) is 10.3 Å². The minimum atomic E-state index is -0.932. The molecule has 9 heteroatoms. The van der Waals surface area contributed by atoms with E-state index in [-0.39, 0.29) is 43.3 Å². The minimum Gasteiger partial charge on any atom is -0.481 e. The van der Waals surface area contributed by atoms with Crippen molar-refractivity contribution < 1.29 is 19.1 Å². The first-order valence-corrected chi connectivity index (χ1v) is 10.8. The number of aliphatic carboxylic acids is 1. The second-order valence-electron chi connectivity index (χ2n) is 7.90. The van der Waals surface area contributed by atoms with E-state index < -0.39 is 11.9 Å². The number of hydrogen-bond donors (Lipinski definition) is 3. The molecule has 3 rings (SSSR count). The summed E-state index contributed by atoms with van der Waals surface area (Å²) in [4.78, 5) is 39.5. The number of carboxylic acid groups (broad SMARTS) is 1. The minimum absolute atomic E-state index is 0.0931. The fourth-order valence-corrected chi connectivity index (χ4v) is 3.39. The Balaban J connectivity index is 1.53. The van der Waals surface area contributed by atoms with Gasteiger partial charge in [0.2, 0.25) is 11.9 Å². The Bertz CT molecular complexity index is 1150. The molecule has 1 amide bonds. The Hall–Kier alpha value is -3.88. The number of nitrogen functional groups attached to an aromatic ring is 1. The van der Waals surface area contributed by atoms with Crippen molar-refractivity contribution in [2.24, 2.45) is 5.92 Å². The Morgan fingerprint density at radius 1 is 1.21 bits per heavy atom. The van der Waals surface area contributed by atoms with Gasteiger partial charge in [-0.1, -0.05) is 25.1 Å². The molecular weight excluding hydrogens is 424 g/mol. The van der Waals surface area contributed by atoms with Gasteiger partial charge in [0.25, 0.3) is 5.56 Å². The number of rotatable bonds is 11. The number of aromatic nitrogens is 2. The van der Waals surface area contributed by atoms with Crippen LogP contribution in [0.1, 0.15) is 31.0 Å². The van der Waals surface area contributed by atoms with E-state index in [0.717, 1.165) is 16.9 Å². The van der Waals surface area contributed by atoms with Gasteiger partial charge in [-0.3, -0.25) is 19.0 Å². The quantitative estimate of drug-likeness (QED) is 0.406. The highest BCUT2D eigenvalue weighted by Crippen LogP contribution is 2.21. The van der Waals surface area contributed by atoms with Gasteiger partial charge in [0.15, 0.2) is 0 Å². The summed E-state index contributed by atoms with van der Waals surface area (Å²) in [6.07, 6.45) is 3.24. The number of aryl methyl sites for hydroxylation is 2. The van der Waals surface area contributed by atoms with Crippen LogP contribution in [-0.4, -0.2) is 33.1 Å². The number of carboxylic acids is 1. The first-order chi connectivity index (χ1) is 15.8. The number of carbonyl (C=O) groups is 2. The largest absolute Gasteiger partial charge is 0.481 e. The maximum Gasteiger partial charge on any atom is 0.306 e. The molecule has 4 N–H and O–H groups in total. The predicted molar refractivity (Wildman–Crippen MR) is 124 cm³/mol. The second-order valence-corrected chi connectivity index (χ2v) is 7.90. The lowest BCUT2D eigenvalue weighted by atomic mass is 10.0. The van der Waals surface area contributed by atoms with Crippen molar-refractivity contribution in [2.45, 2.75) is 39.2 Å². The molecule has 33 heavy (non-hydrogen) atoms. The summed E-state index contributed by atoms with van der Waals surface area (Å²) in [5.74, 6) is -0.895. The van der Waals surface area contributed by atoms with E-state index in [1.165, 1.54) is 10.6 Å². The van der Waals surface area contributed by atoms with E-state index in [0.29, 0.717) is 18.5 Å². The number of nitrogens with two attached hydrogens (primary N) is 1. The Morgan fingerprint density at radius 3 is 2.73 bits per heavy atom. The lowest BCUT2D eigenvalue weighted by Crippen LogP contribution is -2.32. The highest BCUT2D eigenvalue weighted by molar-refractivity contribution is 5.77. The number of nitrogens with one attached hydrogen (secondary N) is 1. The van der Waals surface area contributed by atoms with Gasteiger partial charge in [0.1, 0.15) is 5.76 Å². The van der Waals surface area contributed by atoms with Crippen LogP contribution in [0.3, 0.4) is 0 Å². The first-order valence-electron chi connectivity index (χ1n) is 10.8. The molecule has 0 radical (unpaired) electrons. The number of benzene rings is 1. The molecule has 0 aliphatic carbocycles. The molecule has 0 fully saturated rings. The normalized spacial score (nSPS) is 11.8. The van der Waals surface area contributed by atoms with Gasteiger partial charge < -0.3 is 20.6 Å². The lowest BCUT2D eigenvalue weighted by molar-refractivity contribution is -0.141. The number of carbonyl (C=O) groups excluding carboxylic acids is 1. The molecule has 174 valence electrons. The van der Waals surface area contributed by atoms with Gasteiger partial charge in [-0.05, 0) is 43.0 Å². The highest BCUT2D eigenvalue weighted by atomic mass is 16.4. The zero-order valence-corrected chi connectivity index (χ0v) is 18.5. The van der Waals surface area contributed by atoms with Crippen molar-refractivity contribution in [3.05, 3.63) is 70.3 Å². The van der Waals surface area contributed by atoms with Crippen LogP contribution < -0.4 is 16.6 Å². The van der Waals surface area contributed by atoms with Gasteiger partial charge in [0, 0.05) is 31.1 Å². The maximum atomic E-state index is 12.5. The second kappa shape index (κ2) is 11.1. The number of nitrogens with zero attached hydrogens (tertiary/aromatic N) is 2. The molecular formula is C24H28N4O5. The number of furan rings is 1. The van der Waals surface area contributed by atoms with E-state index in [9.17, 15) is 14.4 Å². The molecule has 9 nitrogen and oxygen atoms in total. The van der Waals surface area contributed by atoms with Gasteiger partial charge in [0.05, 0.1) is 17.9 Å². The molecule has 1 unspecified atom stereocenters. The molecule has 1 atom stereocenters. The Labute approximate surface area is 191 Å². The summed E-state index contributed by atoms with van der Waals surface area (Å²) in [6.45, 7) is 1.94. The van der Waals surface area contributed by atoms with E-state index >= 15 is 0 Å². The van der Waals surface area contributed by atoms with E-state index in [1.807, 2.05) is 36.4 Å². The first kappa shape index (κ1) is 23.8. The Morgan fingerprint density at radius 2 is 2.03 bits per heavy atom. The van der Waals surface area contributed by atoms with Gasteiger partial charge in [-0.15, -0.1) is 0 Å². The van der Waals surface area contributed by atoms with Crippen LogP contribution in [0.4, 0.5) is 5.95 Å². The third-order valence-corrected chi connectivity index (χ3v) is 5.38. The van der Waals surface area contributed by atoms with Crippen LogP contribution in [0.15, 0.2) is 57.9 Å². The standard InChI is InChI=1S/C24H28N4O5/c1-16(23(31)32)7-10-21(29)26-11-12-28-22(30)15-19(27-24(28)25)9-8-17-4-2-5-18(14-17)20-6-3-13-33-20/h2-6,13-16H,7-12H2,1H3,(H2,25,27)(H,26,29)(H,31,32). The summed E-state index contributed by atoms with van der Waals surface area (Å²) in [6, 6.07) is 13.2. The monoisotopic (exact) mass is 452 g/mol. The zero-order chi connectivity index (χ0) is 23.8. The predicted octanol–water partition coefficient (Wildman–Crippen LogP) is 2.49. The topological polar surface area (TPSA) is 140 Å². The lowest BCUT2D eigenvalue weighted by Gasteiger charge is -2.12. The van der Waals surface area contributed by atoms with Crippen LogP contribution in [0, 0.1) is 5.92 Å². The third-order valence-electron chi connectivity index (χ3n) is 5.38. The van der Waals surface area contributed by atoms with Crippen LogP contribution in [-0.2, 0) is 29.0 Å². The maximum absolute atomic E-state index is 12.5. The highest BCUT2D eigenvalue weighted by Gasteiger charge is 2.13. The van der Waals surface area contributed by atoms with Gasteiger partial charge in [-0.2, -0.15) is 0 Å². The number of hydrogen-bond acceptors (Lipinski definition) is 6. The molecule has 3 aromatic rings. The fourth-order valence-electron chi connectivity index (χ4n) is 3.39. The molecule has 0 saturated carbocycles. The smallest absolute Gasteiger partial charge is 0.306 e. The van der Waals surface area contributed by atoms with Crippen molar-refractivity contribution in [2.75, 3.05) is 12.3 Å². The molecule has 0 bridgehead atoms. The molecule has 1 aromatic carbocycles. The molecule has 0 spiro atoms. The van der Waals surface area contributed by atoms with E-state index in [4.69, 9.17) is 15.3 Å². The molecule has 2 aromatic heterocycles. The summed E-state index contributed by atoms with van der Waals surface area (Å²) in [7, 11) is 0. The SMILES string of the molecule is CC(CCC(=O)NCCn1c(N)nc(CCc2cccc(-c3ccco3)c2)cc1=O)C(=O)O. The van der Waals surface area contributed by atoms with Crippen molar-refractivity contribution in [3.63, 3.8) is 0 Å². The Kier molecular flexibility index (Phi) is 8.01. The average Bonchev–Trinajstić information content (AvgIpc) is 3.33. The van der Waals surface area contributed by atoms with Crippen molar-refractivity contribution in [1.29, 1.82) is 0 Å². The number of amides is 1. The van der Waals surface area contributed by atoms with Crippen LogP contribution in [0.25, 0.3) is 11.3 Å². The molecule has 2 heterocycles. The third kappa shape index (κ3) is 6.80. The van der Waals surface area contributed by atoms with Crippen LogP contribution in [0.2, 0.25) is 0 Å². The molecule has 0 aliphatic rings. The molecule has 0 aliphatic heterocycles. The zero-order valence-electron chi connectivity index (χ0n) is 18.5. The van der Waals surface area contributed by atoms with E-state index in [1.54, 1.807) is 13.2 Å². The van der Waals surface area contributed by atoms with Crippen molar-refractivity contribution in [1.82, 2.24) is 14.9 Å².